The highest BCUT2D eigenvalue weighted by Crippen LogP contribution is 2.46. The van der Waals surface area contributed by atoms with Gasteiger partial charge in [0.05, 0.1) is 11.7 Å². The summed E-state index contributed by atoms with van der Waals surface area (Å²) in [6, 6.07) is 39.5. The minimum Gasteiger partial charge on any atom is -0.298 e. The van der Waals surface area contributed by atoms with Crippen LogP contribution in [0, 0.1) is 17.3 Å². The molecule has 3 nitrogen and oxygen atoms in total. The van der Waals surface area contributed by atoms with Crippen LogP contribution >= 0.6 is 0 Å². The molecule has 37 heavy (non-hydrogen) atoms. The first-order valence-electron chi connectivity index (χ1n) is 12.5. The molecular formula is C34H29NO2. The van der Waals surface area contributed by atoms with Crippen LogP contribution in [-0.2, 0) is 9.63 Å². The Kier molecular flexibility index (Phi) is 7.31. The summed E-state index contributed by atoms with van der Waals surface area (Å²) in [6.07, 6.45) is 4.22. The first-order chi connectivity index (χ1) is 18.2. The van der Waals surface area contributed by atoms with Gasteiger partial charge in [-0.15, -0.1) is 0 Å². The second-order valence-corrected chi connectivity index (χ2v) is 9.23. The zero-order valence-corrected chi connectivity index (χ0v) is 20.8. The van der Waals surface area contributed by atoms with Gasteiger partial charge in [0.1, 0.15) is 11.5 Å². The molecule has 4 aromatic rings. The van der Waals surface area contributed by atoms with Crippen LogP contribution in [0.1, 0.15) is 36.1 Å². The van der Waals surface area contributed by atoms with Gasteiger partial charge in [-0.05, 0) is 42.3 Å². The van der Waals surface area contributed by atoms with Gasteiger partial charge in [0.15, 0.2) is 5.78 Å². The first kappa shape index (κ1) is 24.3. The summed E-state index contributed by atoms with van der Waals surface area (Å²) in [7, 11) is 0. The molecule has 0 aliphatic carbocycles. The van der Waals surface area contributed by atoms with Crippen LogP contribution in [0.15, 0.2) is 127 Å². The second kappa shape index (κ2) is 11.1. The van der Waals surface area contributed by atoms with E-state index < -0.39 is 11.5 Å². The summed E-state index contributed by atoms with van der Waals surface area (Å²) in [4.78, 5) is 20.4. The quantitative estimate of drug-likeness (QED) is 0.279. The maximum atomic E-state index is 13.7. The van der Waals surface area contributed by atoms with E-state index >= 15 is 0 Å². The predicted molar refractivity (Wildman–Crippen MR) is 150 cm³/mol. The fourth-order valence-corrected chi connectivity index (χ4v) is 4.78. The molecule has 3 atom stereocenters. The fourth-order valence-electron chi connectivity index (χ4n) is 4.78. The van der Waals surface area contributed by atoms with Crippen molar-refractivity contribution < 1.29 is 9.63 Å². The van der Waals surface area contributed by atoms with E-state index in [1.54, 1.807) is 6.92 Å². The third-order valence-electron chi connectivity index (χ3n) is 6.79. The topological polar surface area (TPSA) is 29.5 Å². The number of ketones is 1. The van der Waals surface area contributed by atoms with E-state index in [1.165, 1.54) is 0 Å². The highest BCUT2D eigenvalue weighted by molar-refractivity contribution is 5.88. The van der Waals surface area contributed by atoms with Gasteiger partial charge < -0.3 is 0 Å². The van der Waals surface area contributed by atoms with Crippen LogP contribution < -0.4 is 5.06 Å². The van der Waals surface area contributed by atoms with Gasteiger partial charge in [0.2, 0.25) is 0 Å². The van der Waals surface area contributed by atoms with E-state index in [4.69, 9.17) is 4.84 Å². The highest BCUT2D eigenvalue weighted by Gasteiger charge is 2.51. The predicted octanol–water partition coefficient (Wildman–Crippen LogP) is 7.28. The Morgan fingerprint density at radius 2 is 1.41 bits per heavy atom. The Bertz CT molecular complexity index is 1410. The third-order valence-corrected chi connectivity index (χ3v) is 6.79. The van der Waals surface area contributed by atoms with Crippen LogP contribution in [-0.4, -0.2) is 11.8 Å². The summed E-state index contributed by atoms with van der Waals surface area (Å²) in [5.41, 5.74) is 2.81. The van der Waals surface area contributed by atoms with Gasteiger partial charge >= 0.3 is 0 Å². The van der Waals surface area contributed by atoms with E-state index in [9.17, 15) is 4.79 Å². The molecule has 1 aliphatic rings. The average Bonchev–Trinajstić information content (AvgIpc) is 2.96. The van der Waals surface area contributed by atoms with Crippen molar-refractivity contribution in [2.24, 2.45) is 5.41 Å². The molecule has 0 aromatic heterocycles. The lowest BCUT2D eigenvalue weighted by molar-refractivity contribution is -0.134. The number of carbonyl (C=O) groups is 1. The molecule has 4 aromatic carbocycles. The molecule has 1 saturated heterocycles. The molecule has 0 spiro atoms. The van der Waals surface area contributed by atoms with Gasteiger partial charge in [-0.25, -0.2) is 5.06 Å². The lowest BCUT2D eigenvalue weighted by Crippen LogP contribution is -2.55. The summed E-state index contributed by atoms with van der Waals surface area (Å²) in [5, 5.41) is 1.88. The Balaban J connectivity index is 1.68. The molecule has 1 heterocycles. The number of nitrogens with zero attached hydrogens (tertiary/aromatic N) is 1. The standard InChI is InChI=1S/C34H29NO2/c1-27(36)34(25-24-29-16-8-3-9-17-29)26-32(30-18-10-4-11-19-30)37-35(31-20-12-5-13-21-31)33(34)23-22-28-14-6-2-7-15-28/h2-23,32-33H,26H2,1H3/b23-22+/t32-,33-,34+/m1/s1. The number of hydroxylamine groups is 1. The number of hydrogen-bond donors (Lipinski definition) is 0. The van der Waals surface area contributed by atoms with E-state index in [0.717, 1.165) is 22.4 Å². The Labute approximate surface area is 219 Å². The number of Topliss-reactive ketones (excluding diaryl/α,β-unsaturated/α-hetero) is 1. The minimum absolute atomic E-state index is 0.0174. The molecule has 3 heteroatoms. The Morgan fingerprint density at radius 3 is 2.03 bits per heavy atom. The van der Waals surface area contributed by atoms with Crippen LogP contribution in [0.5, 0.6) is 0 Å². The molecule has 0 unspecified atom stereocenters. The van der Waals surface area contributed by atoms with Crippen molar-refractivity contribution in [3.05, 3.63) is 144 Å². The number of para-hydroxylation sites is 1. The van der Waals surface area contributed by atoms with Crippen LogP contribution in [0.25, 0.3) is 6.08 Å². The smallest absolute Gasteiger partial charge is 0.150 e. The van der Waals surface area contributed by atoms with E-state index in [-0.39, 0.29) is 11.9 Å². The fraction of sp³-hybridized carbons (Fsp3) is 0.147. The van der Waals surface area contributed by atoms with Gasteiger partial charge in [0.25, 0.3) is 0 Å². The Morgan fingerprint density at radius 1 is 0.838 bits per heavy atom. The average molecular weight is 484 g/mol. The molecule has 1 aliphatic heterocycles. The van der Waals surface area contributed by atoms with Crippen molar-refractivity contribution in [3.8, 4) is 11.8 Å². The maximum Gasteiger partial charge on any atom is 0.150 e. The lowest BCUT2D eigenvalue weighted by atomic mass is 9.70. The molecular weight excluding hydrogens is 454 g/mol. The molecule has 0 radical (unpaired) electrons. The monoisotopic (exact) mass is 483 g/mol. The van der Waals surface area contributed by atoms with Crippen molar-refractivity contribution in [2.75, 3.05) is 5.06 Å². The van der Waals surface area contributed by atoms with Crippen molar-refractivity contribution >= 4 is 17.5 Å². The molecule has 5 rings (SSSR count). The van der Waals surface area contributed by atoms with E-state index in [2.05, 4.69) is 24.0 Å². The van der Waals surface area contributed by atoms with Crippen LogP contribution in [0.2, 0.25) is 0 Å². The number of benzene rings is 4. The van der Waals surface area contributed by atoms with Crippen LogP contribution in [0.4, 0.5) is 5.69 Å². The minimum atomic E-state index is -1.00. The summed E-state index contributed by atoms with van der Waals surface area (Å²) >= 11 is 0. The molecule has 0 N–H and O–H groups in total. The maximum absolute atomic E-state index is 13.7. The summed E-state index contributed by atoms with van der Waals surface area (Å²) in [5.74, 6) is 6.80. The normalized spacial score (nSPS) is 21.3. The number of anilines is 1. The van der Waals surface area contributed by atoms with Crippen molar-refractivity contribution in [1.82, 2.24) is 0 Å². The van der Waals surface area contributed by atoms with E-state index in [0.29, 0.717) is 6.42 Å². The molecule has 0 amide bonds. The lowest BCUT2D eigenvalue weighted by Gasteiger charge is -2.48. The number of rotatable bonds is 5. The van der Waals surface area contributed by atoms with Gasteiger partial charge in [-0.1, -0.05) is 121 Å². The first-order valence-corrected chi connectivity index (χ1v) is 12.5. The molecule has 182 valence electrons. The second-order valence-electron chi connectivity index (χ2n) is 9.23. The molecule has 0 bridgehead atoms. The molecule has 1 fully saturated rings. The highest BCUT2D eigenvalue weighted by atomic mass is 16.7. The van der Waals surface area contributed by atoms with Gasteiger partial charge in [0, 0.05) is 12.0 Å². The summed E-state index contributed by atoms with van der Waals surface area (Å²) in [6.45, 7) is 1.65. The Hall–Kier alpha value is -4.39. The van der Waals surface area contributed by atoms with Crippen molar-refractivity contribution in [1.29, 1.82) is 0 Å². The number of carbonyl (C=O) groups excluding carboxylic acids is 1. The van der Waals surface area contributed by atoms with Gasteiger partial charge in [-0.3, -0.25) is 9.63 Å². The zero-order valence-electron chi connectivity index (χ0n) is 20.8. The van der Waals surface area contributed by atoms with Crippen LogP contribution in [0.3, 0.4) is 0 Å². The third kappa shape index (κ3) is 5.40. The number of hydrogen-bond acceptors (Lipinski definition) is 3. The zero-order chi connectivity index (χ0) is 25.5. The largest absolute Gasteiger partial charge is 0.298 e. The summed E-state index contributed by atoms with van der Waals surface area (Å²) < 4.78 is 0. The van der Waals surface area contributed by atoms with Crippen molar-refractivity contribution in [2.45, 2.75) is 25.5 Å². The SMILES string of the molecule is CC(=O)[C@]1(C#Cc2ccccc2)C[C@H](c2ccccc2)ON(c2ccccc2)[C@@H]1/C=C/c1ccccc1. The molecule has 0 saturated carbocycles. The van der Waals surface area contributed by atoms with Crippen molar-refractivity contribution in [3.63, 3.8) is 0 Å². The van der Waals surface area contributed by atoms with Gasteiger partial charge in [-0.2, -0.15) is 0 Å². The van der Waals surface area contributed by atoms with E-state index in [1.807, 2.05) is 126 Å².